The predicted octanol–water partition coefficient (Wildman–Crippen LogP) is 2.16. The number of nitriles is 1. The van der Waals surface area contributed by atoms with Crippen molar-refractivity contribution >= 4 is 21.6 Å². The molecule has 7 heteroatoms. The highest BCUT2D eigenvalue weighted by Crippen LogP contribution is 2.24. The quantitative estimate of drug-likeness (QED) is 0.789. The summed E-state index contributed by atoms with van der Waals surface area (Å²) in [6, 6.07) is 5.79. The molecule has 0 bridgehead atoms. The van der Waals surface area contributed by atoms with Crippen molar-refractivity contribution in [1.29, 1.82) is 5.26 Å². The second kappa shape index (κ2) is 5.36. The van der Waals surface area contributed by atoms with E-state index in [0.29, 0.717) is 11.7 Å². The van der Waals surface area contributed by atoms with Crippen LogP contribution in [0, 0.1) is 11.3 Å². The number of fused-ring (bicyclic) bond motifs is 1. The molecule has 1 unspecified atom stereocenters. The molecule has 0 spiro atoms. The van der Waals surface area contributed by atoms with Gasteiger partial charge < -0.3 is 9.63 Å². The van der Waals surface area contributed by atoms with Crippen molar-refractivity contribution in [3.63, 3.8) is 0 Å². The molecule has 1 atom stereocenters. The maximum Gasteiger partial charge on any atom is 0.229 e. The van der Waals surface area contributed by atoms with Gasteiger partial charge in [0.25, 0.3) is 0 Å². The van der Waals surface area contributed by atoms with Gasteiger partial charge in [-0.25, -0.2) is 0 Å². The zero-order valence-corrected chi connectivity index (χ0v) is 11.2. The second-order valence-corrected chi connectivity index (χ2v) is 5.21. The van der Waals surface area contributed by atoms with Gasteiger partial charge >= 0.3 is 0 Å². The zero-order valence-electron chi connectivity index (χ0n) is 10.4. The van der Waals surface area contributed by atoms with Gasteiger partial charge in [-0.2, -0.15) is 10.2 Å². The highest BCUT2D eigenvalue weighted by atomic mass is 32.1. The molecule has 0 saturated heterocycles. The van der Waals surface area contributed by atoms with E-state index < -0.39 is 6.10 Å². The highest BCUT2D eigenvalue weighted by Gasteiger charge is 2.13. The Morgan fingerprint density at radius 2 is 2.40 bits per heavy atom. The number of aliphatic hydroxyl groups is 1. The van der Waals surface area contributed by atoms with E-state index in [9.17, 15) is 5.11 Å². The van der Waals surface area contributed by atoms with Crippen molar-refractivity contribution in [2.45, 2.75) is 18.9 Å². The van der Waals surface area contributed by atoms with Crippen molar-refractivity contribution in [2.24, 2.45) is 0 Å². The zero-order chi connectivity index (χ0) is 13.9. The molecule has 0 saturated carbocycles. The maximum atomic E-state index is 9.54. The average molecular weight is 286 g/mol. The lowest BCUT2D eigenvalue weighted by molar-refractivity contribution is 0.167. The van der Waals surface area contributed by atoms with Crippen molar-refractivity contribution in [3.8, 4) is 17.5 Å². The van der Waals surface area contributed by atoms with E-state index in [1.807, 2.05) is 23.6 Å². The molecular weight excluding hydrogens is 276 g/mol. The number of nitrogens with zero attached hydrogens (tertiary/aromatic N) is 4. The molecule has 6 nitrogen and oxygen atoms in total. The van der Waals surface area contributed by atoms with E-state index >= 15 is 0 Å². The first-order valence-corrected chi connectivity index (χ1v) is 6.85. The van der Waals surface area contributed by atoms with Crippen LogP contribution in [0.4, 0.5) is 0 Å². The standard InChI is InChI=1S/C13H10N4O2S/c14-3-1-9(18)6-12-16-13(17-19-12)8-5-11-10(15-7-8)2-4-20-11/h2,4-5,7,9,18H,1,6H2. The molecule has 0 aliphatic heterocycles. The third-order valence-corrected chi connectivity index (χ3v) is 3.62. The number of hydrogen-bond donors (Lipinski definition) is 1. The molecular formula is C13H10N4O2S. The Hall–Kier alpha value is -2.30. The summed E-state index contributed by atoms with van der Waals surface area (Å²) in [6.07, 6.45) is 1.12. The molecule has 0 radical (unpaired) electrons. The van der Waals surface area contributed by atoms with Crippen LogP contribution in [0.5, 0.6) is 0 Å². The van der Waals surface area contributed by atoms with E-state index in [4.69, 9.17) is 9.78 Å². The fraction of sp³-hybridized carbons (Fsp3) is 0.231. The molecule has 3 aromatic rings. The summed E-state index contributed by atoms with van der Waals surface area (Å²) in [5, 5.41) is 23.9. The Morgan fingerprint density at radius 3 is 3.25 bits per heavy atom. The molecule has 0 aliphatic rings. The molecule has 3 rings (SSSR count). The van der Waals surface area contributed by atoms with Crippen LogP contribution in [-0.2, 0) is 6.42 Å². The topological polar surface area (TPSA) is 95.8 Å². The third-order valence-electron chi connectivity index (χ3n) is 2.77. The number of hydrogen-bond acceptors (Lipinski definition) is 7. The van der Waals surface area contributed by atoms with Gasteiger partial charge in [-0.3, -0.25) is 4.98 Å². The van der Waals surface area contributed by atoms with Gasteiger partial charge in [0, 0.05) is 11.8 Å². The summed E-state index contributed by atoms with van der Waals surface area (Å²) in [7, 11) is 0. The van der Waals surface area contributed by atoms with E-state index in [0.717, 1.165) is 15.8 Å². The van der Waals surface area contributed by atoms with E-state index in [1.54, 1.807) is 17.5 Å². The Balaban J connectivity index is 1.84. The van der Waals surface area contributed by atoms with Crippen LogP contribution >= 0.6 is 11.3 Å². The molecule has 20 heavy (non-hydrogen) atoms. The fourth-order valence-corrected chi connectivity index (χ4v) is 2.58. The van der Waals surface area contributed by atoms with Gasteiger partial charge in [-0.05, 0) is 17.5 Å². The van der Waals surface area contributed by atoms with Crippen molar-refractivity contribution in [1.82, 2.24) is 15.1 Å². The molecule has 100 valence electrons. The Kier molecular flexibility index (Phi) is 3.41. The van der Waals surface area contributed by atoms with E-state index in [1.165, 1.54) is 0 Å². The molecule has 0 fully saturated rings. The van der Waals surface area contributed by atoms with Crippen LogP contribution in [0.2, 0.25) is 0 Å². The second-order valence-electron chi connectivity index (χ2n) is 4.26. The summed E-state index contributed by atoms with van der Waals surface area (Å²) in [6.45, 7) is 0. The van der Waals surface area contributed by atoms with Crippen molar-refractivity contribution in [3.05, 3.63) is 29.6 Å². The smallest absolute Gasteiger partial charge is 0.229 e. The molecule has 3 aromatic heterocycles. The first-order chi connectivity index (χ1) is 9.76. The Labute approximate surface area is 118 Å². The summed E-state index contributed by atoms with van der Waals surface area (Å²) < 4.78 is 6.13. The van der Waals surface area contributed by atoms with E-state index in [-0.39, 0.29) is 12.8 Å². The van der Waals surface area contributed by atoms with Gasteiger partial charge in [0.2, 0.25) is 11.7 Å². The normalized spacial score (nSPS) is 12.4. The fourth-order valence-electron chi connectivity index (χ4n) is 1.80. The monoisotopic (exact) mass is 286 g/mol. The summed E-state index contributed by atoms with van der Waals surface area (Å²) in [5.74, 6) is 0.751. The highest BCUT2D eigenvalue weighted by molar-refractivity contribution is 7.17. The van der Waals surface area contributed by atoms with Gasteiger partial charge in [-0.1, -0.05) is 5.16 Å². The first kappa shape index (κ1) is 12.7. The third kappa shape index (κ3) is 2.52. The van der Waals surface area contributed by atoms with Gasteiger partial charge in [-0.15, -0.1) is 11.3 Å². The van der Waals surface area contributed by atoms with Crippen molar-refractivity contribution < 1.29 is 9.63 Å². The van der Waals surface area contributed by atoms with Gasteiger partial charge in [0.15, 0.2) is 0 Å². The number of pyridine rings is 1. The maximum absolute atomic E-state index is 9.54. The lowest BCUT2D eigenvalue weighted by atomic mass is 10.2. The van der Waals surface area contributed by atoms with Gasteiger partial charge in [0.05, 0.1) is 35.2 Å². The SMILES string of the molecule is N#CCC(O)Cc1nc(-c2cnc3ccsc3c2)no1. The summed E-state index contributed by atoms with van der Waals surface area (Å²) >= 11 is 1.60. The largest absolute Gasteiger partial charge is 0.392 e. The van der Waals surface area contributed by atoms with Crippen LogP contribution in [0.3, 0.4) is 0 Å². The molecule has 1 N–H and O–H groups in total. The average Bonchev–Trinajstić information content (AvgIpc) is 3.06. The number of rotatable bonds is 4. The Bertz CT molecular complexity index is 774. The Morgan fingerprint density at radius 1 is 1.50 bits per heavy atom. The lowest BCUT2D eigenvalue weighted by Gasteiger charge is -1.99. The van der Waals surface area contributed by atoms with Crippen LogP contribution in [0.15, 0.2) is 28.2 Å². The van der Waals surface area contributed by atoms with Crippen molar-refractivity contribution in [2.75, 3.05) is 0 Å². The minimum Gasteiger partial charge on any atom is -0.392 e. The van der Waals surface area contributed by atoms with Crippen LogP contribution in [-0.4, -0.2) is 26.3 Å². The van der Waals surface area contributed by atoms with Crippen LogP contribution < -0.4 is 0 Å². The number of aromatic nitrogens is 3. The van der Waals surface area contributed by atoms with Crippen LogP contribution in [0.25, 0.3) is 21.6 Å². The predicted molar refractivity (Wildman–Crippen MR) is 72.9 cm³/mol. The molecule has 0 aromatic carbocycles. The minimum absolute atomic E-state index is 0.0421. The minimum atomic E-state index is -0.786. The molecule has 0 aliphatic carbocycles. The number of aliphatic hydroxyl groups excluding tert-OH is 1. The lowest BCUT2D eigenvalue weighted by Crippen LogP contribution is -2.09. The van der Waals surface area contributed by atoms with E-state index in [2.05, 4.69) is 15.1 Å². The van der Waals surface area contributed by atoms with Crippen LogP contribution in [0.1, 0.15) is 12.3 Å². The summed E-state index contributed by atoms with van der Waals surface area (Å²) in [4.78, 5) is 8.52. The first-order valence-electron chi connectivity index (χ1n) is 5.97. The number of thiophene rings is 1. The van der Waals surface area contributed by atoms with Gasteiger partial charge in [0.1, 0.15) is 0 Å². The molecule has 0 amide bonds. The molecule has 3 heterocycles. The summed E-state index contributed by atoms with van der Waals surface area (Å²) in [5.41, 5.74) is 1.71.